The van der Waals surface area contributed by atoms with Crippen molar-refractivity contribution >= 4 is 10.2 Å². The molecule has 0 saturated heterocycles. The van der Waals surface area contributed by atoms with E-state index in [0.29, 0.717) is 25.7 Å². The molecule has 0 aliphatic heterocycles. The van der Waals surface area contributed by atoms with Gasteiger partial charge in [-0.3, -0.25) is 0 Å². The largest absolute Gasteiger partial charge is 0.314 e. The van der Waals surface area contributed by atoms with Gasteiger partial charge in [-0.2, -0.15) is 17.0 Å². The molecule has 0 saturated carbocycles. The highest BCUT2D eigenvalue weighted by atomic mass is 32.2. The van der Waals surface area contributed by atoms with Crippen LogP contribution in [-0.4, -0.2) is 56.3 Å². The summed E-state index contributed by atoms with van der Waals surface area (Å²) in [6.45, 7) is 10.7. The van der Waals surface area contributed by atoms with Crippen LogP contribution >= 0.6 is 0 Å². The fourth-order valence-corrected chi connectivity index (χ4v) is 3.22. The van der Waals surface area contributed by atoms with Crippen LogP contribution in [0.2, 0.25) is 0 Å². The molecule has 0 fully saturated rings. The quantitative estimate of drug-likeness (QED) is 0.590. The van der Waals surface area contributed by atoms with E-state index in [0.717, 1.165) is 25.8 Å². The van der Waals surface area contributed by atoms with Crippen LogP contribution in [0.3, 0.4) is 0 Å². The predicted molar refractivity (Wildman–Crippen MR) is 81.5 cm³/mol. The van der Waals surface area contributed by atoms with Gasteiger partial charge >= 0.3 is 0 Å². The van der Waals surface area contributed by atoms with Gasteiger partial charge in [-0.05, 0) is 19.4 Å². The second-order valence-corrected chi connectivity index (χ2v) is 7.17. The zero-order chi connectivity index (χ0) is 14.9. The van der Waals surface area contributed by atoms with E-state index in [-0.39, 0.29) is 0 Å². The van der Waals surface area contributed by atoms with Crippen LogP contribution in [0.4, 0.5) is 0 Å². The second-order valence-electron chi connectivity index (χ2n) is 5.14. The molecule has 0 amide bonds. The molecule has 1 N–H and O–H groups in total. The minimum Gasteiger partial charge on any atom is -0.314 e. The summed E-state index contributed by atoms with van der Waals surface area (Å²) in [4.78, 5) is 0. The molecule has 0 aromatic rings. The van der Waals surface area contributed by atoms with Gasteiger partial charge in [0.2, 0.25) is 0 Å². The first-order valence-corrected chi connectivity index (χ1v) is 8.70. The lowest BCUT2D eigenvalue weighted by Crippen LogP contribution is -2.43. The first-order chi connectivity index (χ1) is 8.86. The number of nitrogens with zero attached hydrogens (tertiary/aromatic N) is 2. The minimum absolute atomic E-state index is 0.443. The first-order valence-electron chi connectivity index (χ1n) is 7.31. The van der Waals surface area contributed by atoms with Crippen LogP contribution < -0.4 is 5.32 Å². The Morgan fingerprint density at radius 3 is 2.21 bits per heavy atom. The topological polar surface area (TPSA) is 52.7 Å². The van der Waals surface area contributed by atoms with Gasteiger partial charge in [0.25, 0.3) is 10.2 Å². The van der Waals surface area contributed by atoms with Gasteiger partial charge in [0.15, 0.2) is 0 Å². The van der Waals surface area contributed by atoms with Crippen molar-refractivity contribution in [2.24, 2.45) is 0 Å². The normalized spacial score (nSPS) is 12.8. The zero-order valence-corrected chi connectivity index (χ0v) is 14.0. The van der Waals surface area contributed by atoms with Crippen molar-refractivity contribution in [1.29, 1.82) is 0 Å². The molecular weight excluding hydrogens is 262 g/mol. The highest BCUT2D eigenvalue weighted by molar-refractivity contribution is 7.86. The van der Waals surface area contributed by atoms with Crippen molar-refractivity contribution in [2.75, 3.05) is 33.2 Å². The van der Waals surface area contributed by atoms with Gasteiger partial charge in [-0.25, -0.2) is 0 Å². The molecule has 5 nitrogen and oxygen atoms in total. The standard InChI is InChI=1S/C13H31N3O2S/c1-6-8-12-16(7-2)19(17,18)15(5)11-9-10-14-13(3)4/h13-14H,6-12H2,1-5H3. The molecule has 0 atom stereocenters. The molecule has 0 spiro atoms. The molecule has 0 unspecified atom stereocenters. The predicted octanol–water partition coefficient (Wildman–Crippen LogP) is 1.67. The van der Waals surface area contributed by atoms with Gasteiger partial charge in [0, 0.05) is 32.7 Å². The van der Waals surface area contributed by atoms with Gasteiger partial charge in [-0.1, -0.05) is 34.1 Å². The minimum atomic E-state index is -3.29. The van der Waals surface area contributed by atoms with Crippen molar-refractivity contribution in [1.82, 2.24) is 13.9 Å². The summed E-state index contributed by atoms with van der Waals surface area (Å²) in [5.74, 6) is 0. The van der Waals surface area contributed by atoms with Crippen molar-refractivity contribution in [3.05, 3.63) is 0 Å². The number of rotatable bonds is 11. The molecule has 0 bridgehead atoms. The summed E-state index contributed by atoms with van der Waals surface area (Å²) in [5, 5.41) is 3.29. The Hall–Kier alpha value is -0.170. The Morgan fingerprint density at radius 1 is 1.11 bits per heavy atom. The maximum Gasteiger partial charge on any atom is 0.281 e. The molecule has 0 aliphatic carbocycles. The molecule has 0 aliphatic rings. The lowest BCUT2D eigenvalue weighted by atomic mass is 10.3. The highest BCUT2D eigenvalue weighted by Crippen LogP contribution is 2.08. The van der Waals surface area contributed by atoms with E-state index < -0.39 is 10.2 Å². The van der Waals surface area contributed by atoms with E-state index in [9.17, 15) is 8.42 Å². The zero-order valence-electron chi connectivity index (χ0n) is 13.1. The molecule has 0 aromatic carbocycles. The summed E-state index contributed by atoms with van der Waals surface area (Å²) in [7, 11) is -1.62. The Morgan fingerprint density at radius 2 is 1.74 bits per heavy atom. The number of unbranched alkanes of at least 4 members (excludes halogenated alkanes) is 1. The molecular formula is C13H31N3O2S. The Labute approximate surface area is 119 Å². The van der Waals surface area contributed by atoms with Crippen molar-refractivity contribution < 1.29 is 8.42 Å². The maximum absolute atomic E-state index is 12.3. The third-order valence-corrected chi connectivity index (χ3v) is 5.10. The first kappa shape index (κ1) is 18.8. The smallest absolute Gasteiger partial charge is 0.281 e. The molecule has 0 aromatic heterocycles. The number of hydrogen-bond acceptors (Lipinski definition) is 3. The summed E-state index contributed by atoms with van der Waals surface area (Å²) in [6.07, 6.45) is 2.75. The fourth-order valence-electron chi connectivity index (χ4n) is 1.78. The highest BCUT2D eigenvalue weighted by Gasteiger charge is 2.24. The van der Waals surface area contributed by atoms with Crippen molar-refractivity contribution in [3.63, 3.8) is 0 Å². The molecule has 6 heteroatoms. The maximum atomic E-state index is 12.3. The summed E-state index contributed by atoms with van der Waals surface area (Å²) in [6, 6.07) is 0.443. The van der Waals surface area contributed by atoms with E-state index >= 15 is 0 Å². The summed E-state index contributed by atoms with van der Waals surface area (Å²) < 4.78 is 27.7. The molecule has 19 heavy (non-hydrogen) atoms. The Bertz CT molecular complexity index is 318. The van der Waals surface area contributed by atoms with Crippen LogP contribution in [0.1, 0.15) is 47.0 Å². The van der Waals surface area contributed by atoms with Gasteiger partial charge in [-0.15, -0.1) is 0 Å². The van der Waals surface area contributed by atoms with Crippen LogP contribution in [0.5, 0.6) is 0 Å². The van der Waals surface area contributed by atoms with Crippen LogP contribution in [0, 0.1) is 0 Å². The molecule has 0 rings (SSSR count). The Balaban J connectivity index is 4.28. The molecule has 116 valence electrons. The lowest BCUT2D eigenvalue weighted by molar-refractivity contribution is 0.359. The molecule has 0 radical (unpaired) electrons. The SMILES string of the molecule is CCCCN(CC)S(=O)(=O)N(C)CCCNC(C)C. The van der Waals surface area contributed by atoms with Crippen LogP contribution in [-0.2, 0) is 10.2 Å². The molecule has 0 heterocycles. The van der Waals surface area contributed by atoms with Crippen LogP contribution in [0.15, 0.2) is 0 Å². The third kappa shape index (κ3) is 7.25. The summed E-state index contributed by atoms with van der Waals surface area (Å²) in [5.41, 5.74) is 0. The third-order valence-electron chi connectivity index (χ3n) is 3.04. The van der Waals surface area contributed by atoms with E-state index in [2.05, 4.69) is 26.1 Å². The van der Waals surface area contributed by atoms with E-state index in [4.69, 9.17) is 0 Å². The van der Waals surface area contributed by atoms with Gasteiger partial charge < -0.3 is 5.32 Å². The fraction of sp³-hybridized carbons (Fsp3) is 1.00. The average molecular weight is 293 g/mol. The monoisotopic (exact) mass is 293 g/mol. The number of hydrogen-bond donors (Lipinski definition) is 1. The van der Waals surface area contributed by atoms with Gasteiger partial charge in [0.05, 0.1) is 0 Å². The van der Waals surface area contributed by atoms with Crippen molar-refractivity contribution in [2.45, 2.75) is 53.0 Å². The number of nitrogens with one attached hydrogen (secondary N) is 1. The van der Waals surface area contributed by atoms with Gasteiger partial charge in [0.1, 0.15) is 0 Å². The van der Waals surface area contributed by atoms with E-state index in [1.54, 1.807) is 11.4 Å². The van der Waals surface area contributed by atoms with Crippen molar-refractivity contribution in [3.8, 4) is 0 Å². The average Bonchev–Trinajstić information content (AvgIpc) is 2.34. The second kappa shape index (κ2) is 9.69. The lowest BCUT2D eigenvalue weighted by Gasteiger charge is -2.26. The Kier molecular flexibility index (Phi) is 9.60. The van der Waals surface area contributed by atoms with E-state index in [1.807, 2.05) is 6.92 Å². The van der Waals surface area contributed by atoms with E-state index in [1.165, 1.54) is 4.31 Å². The van der Waals surface area contributed by atoms with Crippen LogP contribution in [0.25, 0.3) is 0 Å². The summed E-state index contributed by atoms with van der Waals surface area (Å²) >= 11 is 0.